The first-order chi connectivity index (χ1) is 61.7. The van der Waals surface area contributed by atoms with Crippen LogP contribution >= 0.6 is 0 Å². The molecule has 0 saturated carbocycles. The van der Waals surface area contributed by atoms with Crippen molar-refractivity contribution in [3.8, 4) is 28.6 Å². The summed E-state index contributed by atoms with van der Waals surface area (Å²) in [6, 6.07) is 32.3. The molecule has 0 radical (unpaired) electrons. The molecule has 2 saturated heterocycles. The number of nitrogens with zero attached hydrogens (tertiary/aromatic N) is 8. The summed E-state index contributed by atoms with van der Waals surface area (Å²) in [6.07, 6.45) is 2.97. The molecule has 4 aromatic carbocycles. The lowest BCUT2D eigenvalue weighted by Gasteiger charge is -2.34. The van der Waals surface area contributed by atoms with Crippen LogP contribution in [0.15, 0.2) is 97.1 Å². The molecule has 0 spiro atoms. The van der Waals surface area contributed by atoms with Crippen LogP contribution in [0, 0.1) is 5.92 Å². The number of benzene rings is 4. The second-order valence-corrected chi connectivity index (χ2v) is 34.6. The Balaban J connectivity index is 0.619. The molecular formula is C95H148N10O23. The molecule has 716 valence electrons. The zero-order valence-corrected chi connectivity index (χ0v) is 78.4. The lowest BCUT2D eigenvalue weighted by atomic mass is 9.90. The monoisotopic (exact) mass is 1800 g/mol. The van der Waals surface area contributed by atoms with E-state index < -0.39 is 16.8 Å². The second-order valence-electron chi connectivity index (χ2n) is 34.6. The number of nitrogens with one attached hydrogen (secondary N) is 2. The molecule has 1 aromatic heterocycles. The van der Waals surface area contributed by atoms with Crippen molar-refractivity contribution in [2.24, 2.45) is 5.92 Å². The number of amides is 3. The molecule has 5 aromatic rings. The van der Waals surface area contributed by atoms with E-state index in [1.807, 2.05) is 177 Å². The van der Waals surface area contributed by atoms with Crippen molar-refractivity contribution in [1.82, 2.24) is 49.9 Å². The largest absolute Gasteiger partial charge is 0.488 e. The lowest BCUT2D eigenvalue weighted by molar-refractivity contribution is -0.158. The van der Waals surface area contributed by atoms with Crippen molar-refractivity contribution in [2.75, 3.05) is 263 Å². The minimum Gasteiger partial charge on any atom is -0.488 e. The van der Waals surface area contributed by atoms with Gasteiger partial charge in [0.05, 0.1) is 197 Å². The van der Waals surface area contributed by atoms with Crippen LogP contribution in [-0.2, 0) is 115 Å². The molecule has 3 heterocycles. The highest BCUT2D eigenvalue weighted by Gasteiger charge is 2.30. The normalized spacial score (nSPS) is 14.6. The number of ether oxygens (including phenoxy) is 17. The van der Waals surface area contributed by atoms with Gasteiger partial charge in [0.25, 0.3) is 5.91 Å². The fraction of sp³-hybridized carbons (Fsp3) is 0.663. The summed E-state index contributed by atoms with van der Waals surface area (Å²) >= 11 is 0. The Kier molecular flexibility index (Phi) is 50.7. The summed E-state index contributed by atoms with van der Waals surface area (Å²) in [6.45, 7) is 39.0. The van der Waals surface area contributed by atoms with Crippen LogP contribution in [0.3, 0.4) is 0 Å². The SMILES string of the molecule is CCNC(=O)c1nnc(-c2cc(C(C)C)c(OCc3ccccc3)cc2OCc2ccccc2)n1-c1ccc(CC2CCN(C(=O)CCOCCOCCOCCOCCOCCOCCOCCOCCOCCOCCOCCOCCNC(=O)CN3CCN(CC(=O)OC(C)(C)C)CCN(CC(=O)OC(C)(C)C)CCN(CC(=O)OC(C)(C)C)CC3)CC2)cc1. The summed E-state index contributed by atoms with van der Waals surface area (Å²) in [4.78, 5) is 89.3. The summed E-state index contributed by atoms with van der Waals surface area (Å²) in [5.41, 5.74) is 3.61. The van der Waals surface area contributed by atoms with Gasteiger partial charge in [0.2, 0.25) is 17.6 Å². The van der Waals surface area contributed by atoms with E-state index in [0.29, 0.717) is 286 Å². The predicted octanol–water partition coefficient (Wildman–Crippen LogP) is 8.70. The van der Waals surface area contributed by atoms with Gasteiger partial charge in [-0.05, 0) is 141 Å². The highest BCUT2D eigenvalue weighted by Crippen LogP contribution is 2.41. The minimum atomic E-state index is -0.665. The Morgan fingerprint density at radius 2 is 0.766 bits per heavy atom. The summed E-state index contributed by atoms with van der Waals surface area (Å²) in [7, 11) is 0. The highest BCUT2D eigenvalue weighted by atomic mass is 16.6. The van der Waals surface area contributed by atoms with E-state index in [1.165, 1.54) is 0 Å². The zero-order chi connectivity index (χ0) is 92.0. The van der Waals surface area contributed by atoms with Gasteiger partial charge in [0.1, 0.15) is 41.5 Å². The standard InChI is InChI=1S/C95H148N10O23/c1-13-96-92(111)91-99-98-90(82-67-81(75(2)3)83(124-73-78-20-16-14-17-21-78)68-84(82)125-74-79-22-18-15-19-23-79)105(91)80-26-24-76(25-27-80)66-77-28-32-104(33-29-77)86(107)30-42-112-44-46-114-48-50-116-52-54-118-56-58-120-60-62-122-64-65-123-63-61-121-59-57-119-55-53-117-51-49-115-47-45-113-43-31-97-85(106)69-100-34-36-101(70-87(108)126-93(4,5)6)38-40-103(72-89(110)128-95(10,11)12)41-39-102(37-35-100)71-88(109)127-94(7,8)9/h14-27,67-68,75,77H,13,28-66,69-74H2,1-12H3,(H,96,111)(H,97,106). The van der Waals surface area contributed by atoms with E-state index in [4.69, 9.17) is 85.6 Å². The van der Waals surface area contributed by atoms with Crippen LogP contribution in [0.4, 0.5) is 0 Å². The molecule has 0 atom stereocenters. The first-order valence-electron chi connectivity index (χ1n) is 45.5. The van der Waals surface area contributed by atoms with Gasteiger partial charge in [-0.1, -0.05) is 86.6 Å². The molecule has 0 unspecified atom stereocenters. The van der Waals surface area contributed by atoms with Gasteiger partial charge in [-0.15, -0.1) is 10.2 Å². The summed E-state index contributed by atoms with van der Waals surface area (Å²) in [5.74, 6) is 0.852. The summed E-state index contributed by atoms with van der Waals surface area (Å²) < 4.78 is 99.5. The number of rotatable bonds is 60. The van der Waals surface area contributed by atoms with Crippen LogP contribution in [0.2, 0.25) is 0 Å². The number of carbonyl (C=O) groups excluding carboxylic acids is 6. The van der Waals surface area contributed by atoms with E-state index in [9.17, 15) is 28.8 Å². The molecule has 33 nitrogen and oxygen atoms in total. The number of esters is 3. The maximum atomic E-state index is 13.7. The van der Waals surface area contributed by atoms with Crippen molar-refractivity contribution in [1.29, 1.82) is 0 Å². The van der Waals surface area contributed by atoms with Crippen LogP contribution in [0.5, 0.6) is 11.5 Å². The third-order valence-corrected chi connectivity index (χ3v) is 20.1. The van der Waals surface area contributed by atoms with Crippen LogP contribution in [-0.4, -0.2) is 355 Å². The Morgan fingerprint density at radius 3 is 1.13 bits per heavy atom. The topological polar surface area (TPSA) is 330 Å². The van der Waals surface area contributed by atoms with Gasteiger partial charge in [-0.25, -0.2) is 0 Å². The van der Waals surface area contributed by atoms with Crippen LogP contribution in [0.1, 0.15) is 141 Å². The molecule has 7 rings (SSSR count). The average molecular weight is 1800 g/mol. The average Bonchev–Trinajstić information content (AvgIpc) is 1.56. The molecule has 2 N–H and O–H groups in total. The fourth-order valence-corrected chi connectivity index (χ4v) is 13.8. The molecule has 0 aliphatic carbocycles. The summed E-state index contributed by atoms with van der Waals surface area (Å²) in [5, 5.41) is 15.1. The molecule has 33 heteroatoms. The number of hydrogen-bond acceptors (Lipinski definition) is 29. The lowest BCUT2D eigenvalue weighted by Crippen LogP contribution is -2.50. The molecule has 3 amide bonds. The fourth-order valence-electron chi connectivity index (χ4n) is 13.8. The van der Waals surface area contributed by atoms with Crippen molar-refractivity contribution >= 4 is 35.6 Å². The van der Waals surface area contributed by atoms with Crippen molar-refractivity contribution in [3.05, 3.63) is 125 Å². The van der Waals surface area contributed by atoms with E-state index in [2.05, 4.69) is 47.8 Å². The number of carbonyl (C=O) groups is 6. The van der Waals surface area contributed by atoms with Gasteiger partial charge in [-0.3, -0.25) is 52.9 Å². The number of hydrogen-bond donors (Lipinski definition) is 2. The maximum Gasteiger partial charge on any atom is 0.320 e. The van der Waals surface area contributed by atoms with E-state index in [1.54, 1.807) is 0 Å². The minimum absolute atomic E-state index is 0.0351. The number of piperidine rings is 1. The van der Waals surface area contributed by atoms with E-state index >= 15 is 0 Å². The number of likely N-dealkylation sites (tertiary alicyclic amines) is 1. The molecule has 2 fully saturated rings. The van der Waals surface area contributed by atoms with Crippen molar-refractivity contribution in [3.63, 3.8) is 0 Å². The van der Waals surface area contributed by atoms with Crippen LogP contribution in [0.25, 0.3) is 17.1 Å². The zero-order valence-electron chi connectivity index (χ0n) is 78.4. The molecule has 0 bridgehead atoms. The van der Waals surface area contributed by atoms with Gasteiger partial charge < -0.3 is 96.1 Å². The molecule has 2 aliphatic heterocycles. The third kappa shape index (κ3) is 46.1. The highest BCUT2D eigenvalue weighted by molar-refractivity contribution is 5.92. The van der Waals surface area contributed by atoms with Crippen LogP contribution < -0.4 is 20.1 Å². The van der Waals surface area contributed by atoms with E-state index in [-0.39, 0.29) is 73.6 Å². The Bertz CT molecular complexity index is 3870. The van der Waals surface area contributed by atoms with Gasteiger partial charge in [0.15, 0.2) is 5.82 Å². The van der Waals surface area contributed by atoms with Gasteiger partial charge in [-0.2, -0.15) is 0 Å². The molecular weight excluding hydrogens is 1650 g/mol. The molecule has 128 heavy (non-hydrogen) atoms. The van der Waals surface area contributed by atoms with E-state index in [0.717, 1.165) is 47.2 Å². The maximum absolute atomic E-state index is 13.7. The third-order valence-electron chi connectivity index (χ3n) is 20.1. The van der Waals surface area contributed by atoms with Gasteiger partial charge in [0, 0.05) is 90.3 Å². The Morgan fingerprint density at radius 1 is 0.406 bits per heavy atom. The number of aromatic nitrogens is 3. The predicted molar refractivity (Wildman–Crippen MR) is 484 cm³/mol. The second kappa shape index (κ2) is 60.7. The first kappa shape index (κ1) is 107. The Hall–Kier alpha value is -8.20. The Labute approximate surface area is 758 Å². The van der Waals surface area contributed by atoms with Crippen molar-refractivity contribution in [2.45, 2.75) is 145 Å². The smallest absolute Gasteiger partial charge is 0.320 e. The van der Waals surface area contributed by atoms with Gasteiger partial charge >= 0.3 is 17.9 Å². The molecule has 2 aliphatic rings. The quantitative estimate of drug-likeness (QED) is 0.0209. The van der Waals surface area contributed by atoms with Crippen molar-refractivity contribution < 1.29 is 109 Å². The first-order valence-corrected chi connectivity index (χ1v) is 45.5.